The highest BCUT2D eigenvalue weighted by Crippen LogP contribution is 2.38. The zero-order valence-corrected chi connectivity index (χ0v) is 18.7. The molecule has 0 aliphatic carbocycles. The van der Waals surface area contributed by atoms with Crippen LogP contribution in [0.2, 0.25) is 0 Å². The van der Waals surface area contributed by atoms with Gasteiger partial charge in [0.1, 0.15) is 12.5 Å². The number of para-hydroxylation sites is 1. The van der Waals surface area contributed by atoms with Crippen molar-refractivity contribution in [1.82, 2.24) is 4.57 Å². The fourth-order valence-electron chi connectivity index (χ4n) is 4.20. The Balaban J connectivity index is 1.40. The summed E-state index contributed by atoms with van der Waals surface area (Å²) in [5, 5.41) is 2.25. The van der Waals surface area contributed by atoms with Crippen molar-refractivity contribution >= 4 is 21.8 Å². The first-order valence-corrected chi connectivity index (χ1v) is 11.2. The SMILES string of the molecule is Cc1ccc2c(c1OCOCc1ccccc1)c1ccccc1n2COCc1ccccc1. The Morgan fingerprint density at radius 1 is 0.636 bits per heavy atom. The second kappa shape index (κ2) is 9.90. The first-order chi connectivity index (χ1) is 16.3. The molecule has 0 unspecified atom stereocenters. The molecule has 0 N–H and O–H groups in total. The van der Waals surface area contributed by atoms with Gasteiger partial charge in [0.2, 0.25) is 0 Å². The minimum atomic E-state index is 0.193. The molecule has 0 aliphatic heterocycles. The van der Waals surface area contributed by atoms with E-state index in [4.69, 9.17) is 14.2 Å². The molecular weight excluding hydrogens is 410 g/mol. The van der Waals surface area contributed by atoms with Gasteiger partial charge >= 0.3 is 0 Å². The van der Waals surface area contributed by atoms with E-state index in [1.165, 1.54) is 0 Å². The molecule has 4 heteroatoms. The van der Waals surface area contributed by atoms with Gasteiger partial charge < -0.3 is 18.8 Å². The van der Waals surface area contributed by atoms with Gasteiger partial charge in [-0.15, -0.1) is 0 Å². The Kier molecular flexibility index (Phi) is 6.38. The van der Waals surface area contributed by atoms with Crippen LogP contribution in [0.5, 0.6) is 5.75 Å². The molecule has 5 rings (SSSR count). The van der Waals surface area contributed by atoms with Crippen LogP contribution in [0.15, 0.2) is 97.1 Å². The highest BCUT2D eigenvalue weighted by molar-refractivity contribution is 6.11. The van der Waals surface area contributed by atoms with Crippen LogP contribution in [0.4, 0.5) is 0 Å². The number of aryl methyl sites for hydroxylation is 1. The van der Waals surface area contributed by atoms with Crippen LogP contribution < -0.4 is 4.74 Å². The van der Waals surface area contributed by atoms with Crippen molar-refractivity contribution in [3.05, 3.63) is 114 Å². The highest BCUT2D eigenvalue weighted by Gasteiger charge is 2.16. The number of hydrogen-bond acceptors (Lipinski definition) is 3. The fraction of sp³-hybridized carbons (Fsp3) is 0.172. The van der Waals surface area contributed by atoms with E-state index >= 15 is 0 Å². The molecule has 1 aromatic heterocycles. The van der Waals surface area contributed by atoms with Gasteiger partial charge in [0.05, 0.1) is 29.6 Å². The largest absolute Gasteiger partial charge is 0.467 e. The standard InChI is InChI=1S/C29H27NO3/c1-22-16-17-27-28(29(22)33-21-32-19-24-12-6-3-7-13-24)25-14-8-9-15-26(25)30(27)20-31-18-23-10-4-2-5-11-23/h2-17H,18-21H2,1H3. The zero-order chi connectivity index (χ0) is 22.5. The lowest BCUT2D eigenvalue weighted by atomic mass is 10.1. The lowest BCUT2D eigenvalue weighted by molar-refractivity contribution is 0.00557. The molecule has 1 heterocycles. The van der Waals surface area contributed by atoms with Crippen molar-refractivity contribution in [2.45, 2.75) is 26.9 Å². The summed E-state index contributed by atoms with van der Waals surface area (Å²) < 4.78 is 20.3. The number of benzene rings is 4. The Labute approximate surface area is 193 Å². The van der Waals surface area contributed by atoms with E-state index in [-0.39, 0.29) is 6.79 Å². The van der Waals surface area contributed by atoms with Crippen molar-refractivity contribution in [2.24, 2.45) is 0 Å². The molecule has 33 heavy (non-hydrogen) atoms. The summed E-state index contributed by atoms with van der Waals surface area (Å²) in [7, 11) is 0. The molecule has 0 saturated carbocycles. The first-order valence-electron chi connectivity index (χ1n) is 11.2. The van der Waals surface area contributed by atoms with Gasteiger partial charge in [-0.05, 0) is 35.7 Å². The maximum Gasteiger partial charge on any atom is 0.189 e. The van der Waals surface area contributed by atoms with Crippen molar-refractivity contribution in [2.75, 3.05) is 6.79 Å². The van der Waals surface area contributed by atoms with Crippen LogP contribution in [-0.2, 0) is 29.4 Å². The summed E-state index contributed by atoms with van der Waals surface area (Å²) in [6, 6.07) is 33.0. The van der Waals surface area contributed by atoms with Gasteiger partial charge in [-0.25, -0.2) is 0 Å². The van der Waals surface area contributed by atoms with E-state index in [1.807, 2.05) is 36.4 Å². The van der Waals surface area contributed by atoms with Gasteiger partial charge in [0.25, 0.3) is 0 Å². The van der Waals surface area contributed by atoms with Crippen LogP contribution in [0.1, 0.15) is 16.7 Å². The summed E-state index contributed by atoms with van der Waals surface area (Å²) in [5.74, 6) is 0.860. The van der Waals surface area contributed by atoms with Gasteiger partial charge in [0.15, 0.2) is 6.79 Å². The Morgan fingerprint density at radius 2 is 1.27 bits per heavy atom. The summed E-state index contributed by atoms with van der Waals surface area (Å²) in [5.41, 5.74) is 5.59. The van der Waals surface area contributed by atoms with E-state index < -0.39 is 0 Å². The topological polar surface area (TPSA) is 32.6 Å². The predicted octanol–water partition coefficient (Wildman–Crippen LogP) is 6.83. The molecule has 0 saturated heterocycles. The molecule has 0 fully saturated rings. The molecule has 4 aromatic carbocycles. The third-order valence-corrected chi connectivity index (χ3v) is 5.82. The number of aromatic nitrogens is 1. The zero-order valence-electron chi connectivity index (χ0n) is 18.7. The van der Waals surface area contributed by atoms with Crippen molar-refractivity contribution < 1.29 is 14.2 Å². The molecular formula is C29H27NO3. The van der Waals surface area contributed by atoms with Crippen molar-refractivity contribution in [3.63, 3.8) is 0 Å². The molecule has 166 valence electrons. The van der Waals surface area contributed by atoms with Gasteiger partial charge in [-0.2, -0.15) is 0 Å². The van der Waals surface area contributed by atoms with E-state index in [2.05, 4.69) is 72.2 Å². The molecule has 5 aromatic rings. The average molecular weight is 438 g/mol. The number of hydrogen-bond donors (Lipinski definition) is 0. The summed E-state index contributed by atoms with van der Waals surface area (Å²) >= 11 is 0. The van der Waals surface area contributed by atoms with Crippen LogP contribution in [-0.4, -0.2) is 11.4 Å². The lowest BCUT2D eigenvalue weighted by Crippen LogP contribution is -2.05. The normalized spacial score (nSPS) is 11.3. The number of rotatable bonds is 9. The maximum atomic E-state index is 6.19. The third kappa shape index (κ3) is 4.63. The lowest BCUT2D eigenvalue weighted by Gasteiger charge is -2.13. The minimum absolute atomic E-state index is 0.193. The second-order valence-electron chi connectivity index (χ2n) is 8.11. The van der Waals surface area contributed by atoms with E-state index in [9.17, 15) is 0 Å². The van der Waals surface area contributed by atoms with Gasteiger partial charge in [0, 0.05) is 5.39 Å². The molecule has 0 atom stereocenters. The second-order valence-corrected chi connectivity index (χ2v) is 8.11. The quantitative estimate of drug-likeness (QED) is 0.187. The summed E-state index contributed by atoms with van der Waals surface area (Å²) in [6.07, 6.45) is 0. The number of nitrogens with zero attached hydrogens (tertiary/aromatic N) is 1. The van der Waals surface area contributed by atoms with Crippen molar-refractivity contribution in [1.29, 1.82) is 0 Å². The van der Waals surface area contributed by atoms with E-state index in [0.29, 0.717) is 19.9 Å². The smallest absolute Gasteiger partial charge is 0.189 e. The average Bonchev–Trinajstić information content (AvgIpc) is 3.18. The predicted molar refractivity (Wildman–Crippen MR) is 132 cm³/mol. The van der Waals surface area contributed by atoms with E-state index in [1.54, 1.807) is 0 Å². The summed E-state index contributed by atoms with van der Waals surface area (Å²) in [4.78, 5) is 0. The Morgan fingerprint density at radius 3 is 2.00 bits per heavy atom. The molecule has 0 aliphatic rings. The molecule has 4 nitrogen and oxygen atoms in total. The fourth-order valence-corrected chi connectivity index (χ4v) is 4.20. The van der Waals surface area contributed by atoms with Gasteiger partial charge in [-0.1, -0.05) is 84.9 Å². The molecule has 0 amide bonds. The first kappa shape index (κ1) is 21.3. The monoisotopic (exact) mass is 437 g/mol. The van der Waals surface area contributed by atoms with Crippen LogP contribution >= 0.6 is 0 Å². The maximum absolute atomic E-state index is 6.19. The van der Waals surface area contributed by atoms with Crippen LogP contribution in [0.25, 0.3) is 21.8 Å². The van der Waals surface area contributed by atoms with Crippen LogP contribution in [0, 0.1) is 6.92 Å². The molecule has 0 bridgehead atoms. The van der Waals surface area contributed by atoms with E-state index in [0.717, 1.165) is 44.2 Å². The Hall–Kier alpha value is -3.60. The number of ether oxygens (including phenoxy) is 3. The Bertz CT molecular complexity index is 1340. The van der Waals surface area contributed by atoms with Crippen LogP contribution in [0.3, 0.4) is 0 Å². The third-order valence-electron chi connectivity index (χ3n) is 5.82. The highest BCUT2D eigenvalue weighted by atomic mass is 16.7. The molecule has 0 radical (unpaired) electrons. The van der Waals surface area contributed by atoms with Crippen molar-refractivity contribution in [3.8, 4) is 5.75 Å². The number of fused-ring (bicyclic) bond motifs is 3. The minimum Gasteiger partial charge on any atom is -0.467 e. The van der Waals surface area contributed by atoms with Gasteiger partial charge in [-0.3, -0.25) is 0 Å². The molecule has 0 spiro atoms. The summed E-state index contributed by atoms with van der Waals surface area (Å²) in [6.45, 7) is 3.82.